The third-order valence-electron chi connectivity index (χ3n) is 5.31. The van der Waals surface area contributed by atoms with Gasteiger partial charge in [0, 0.05) is 23.4 Å². The fourth-order valence-electron chi connectivity index (χ4n) is 4.37. The van der Waals surface area contributed by atoms with Gasteiger partial charge in [-0.15, -0.1) is 0 Å². The Hall–Kier alpha value is -1.94. The summed E-state index contributed by atoms with van der Waals surface area (Å²) in [7, 11) is 3.32. The molecule has 4 nitrogen and oxygen atoms in total. The van der Waals surface area contributed by atoms with Crippen LogP contribution in [0.3, 0.4) is 0 Å². The predicted octanol–water partition coefficient (Wildman–Crippen LogP) is 2.42. The summed E-state index contributed by atoms with van der Waals surface area (Å²) >= 11 is 0. The number of nitrogens with one attached hydrogen (secondary N) is 1. The molecule has 2 N–H and O–H groups in total. The summed E-state index contributed by atoms with van der Waals surface area (Å²) in [5.74, 6) is 1.79. The molecule has 22 heavy (non-hydrogen) atoms. The van der Waals surface area contributed by atoms with E-state index in [0.717, 1.165) is 37.1 Å². The molecule has 3 aliphatic rings. The fourth-order valence-corrected chi connectivity index (χ4v) is 4.37. The van der Waals surface area contributed by atoms with Crippen LogP contribution in [-0.4, -0.2) is 31.9 Å². The number of fused-ring (bicyclic) bond motifs is 1. The van der Waals surface area contributed by atoms with E-state index in [-0.39, 0.29) is 11.2 Å². The van der Waals surface area contributed by atoms with Crippen LogP contribution in [0, 0.1) is 0 Å². The summed E-state index contributed by atoms with van der Waals surface area (Å²) in [5.41, 5.74) is 3.31. The fraction of sp³-hybridized carbons (Fsp3) is 0.444. The maximum absolute atomic E-state index is 10.8. The number of rotatable bonds is 2. The molecule has 2 unspecified atom stereocenters. The summed E-state index contributed by atoms with van der Waals surface area (Å²) in [6.45, 7) is 0.936. The Morgan fingerprint density at radius 2 is 2.14 bits per heavy atom. The van der Waals surface area contributed by atoms with Crippen molar-refractivity contribution in [2.45, 2.75) is 30.7 Å². The number of hydrogen-bond donors (Lipinski definition) is 2. The number of phenolic OH excluding ortho intramolecular Hbond substituents is 1. The SMILES string of the molecule is COC1=CC23CCNC(Cc4ccc(OC)c(O)c42)C3=CC1. The molecule has 1 aromatic rings. The van der Waals surface area contributed by atoms with Crippen LogP contribution in [0.1, 0.15) is 24.0 Å². The van der Waals surface area contributed by atoms with Gasteiger partial charge in [-0.25, -0.2) is 0 Å². The molecule has 1 aromatic carbocycles. The first-order valence-corrected chi connectivity index (χ1v) is 7.78. The predicted molar refractivity (Wildman–Crippen MR) is 84.2 cm³/mol. The van der Waals surface area contributed by atoms with E-state index in [4.69, 9.17) is 9.47 Å². The Morgan fingerprint density at radius 1 is 1.27 bits per heavy atom. The van der Waals surface area contributed by atoms with Crippen LogP contribution in [-0.2, 0) is 16.6 Å². The number of aromatic hydroxyl groups is 1. The van der Waals surface area contributed by atoms with E-state index in [1.54, 1.807) is 14.2 Å². The minimum absolute atomic E-state index is 0.258. The molecule has 0 amide bonds. The smallest absolute Gasteiger partial charge is 0.162 e. The quantitative estimate of drug-likeness (QED) is 0.824. The first-order valence-electron chi connectivity index (χ1n) is 7.78. The van der Waals surface area contributed by atoms with Crippen LogP contribution < -0.4 is 10.1 Å². The third kappa shape index (κ3) is 1.67. The Labute approximate surface area is 130 Å². The van der Waals surface area contributed by atoms with Gasteiger partial charge in [0.05, 0.1) is 20.0 Å². The van der Waals surface area contributed by atoms with Crippen molar-refractivity contribution in [3.63, 3.8) is 0 Å². The maximum Gasteiger partial charge on any atom is 0.162 e. The Bertz CT molecular complexity index is 692. The summed E-state index contributed by atoms with van der Waals surface area (Å²) in [4.78, 5) is 0. The molecule has 2 atom stereocenters. The first kappa shape index (κ1) is 13.7. The minimum Gasteiger partial charge on any atom is -0.504 e. The second-order valence-corrected chi connectivity index (χ2v) is 6.26. The van der Waals surface area contributed by atoms with Crippen molar-refractivity contribution in [3.8, 4) is 11.5 Å². The lowest BCUT2D eigenvalue weighted by Crippen LogP contribution is -2.53. The van der Waals surface area contributed by atoms with Crippen LogP contribution in [0.2, 0.25) is 0 Å². The molecule has 4 heteroatoms. The number of phenols is 1. The Balaban J connectivity index is 2.00. The van der Waals surface area contributed by atoms with Crippen LogP contribution in [0.25, 0.3) is 0 Å². The summed E-state index contributed by atoms with van der Waals surface area (Å²) in [6.07, 6.45) is 7.16. The van der Waals surface area contributed by atoms with Gasteiger partial charge >= 0.3 is 0 Å². The van der Waals surface area contributed by atoms with E-state index in [0.29, 0.717) is 11.8 Å². The van der Waals surface area contributed by atoms with Crippen molar-refractivity contribution < 1.29 is 14.6 Å². The zero-order valence-corrected chi connectivity index (χ0v) is 13.0. The van der Waals surface area contributed by atoms with Crippen LogP contribution in [0.4, 0.5) is 0 Å². The van der Waals surface area contributed by atoms with Crippen molar-refractivity contribution >= 4 is 0 Å². The highest BCUT2D eigenvalue weighted by Crippen LogP contribution is 2.54. The number of hydrogen-bond acceptors (Lipinski definition) is 4. The van der Waals surface area contributed by atoms with Gasteiger partial charge in [0.1, 0.15) is 0 Å². The molecule has 1 aliphatic heterocycles. The molecule has 2 aliphatic carbocycles. The lowest BCUT2D eigenvalue weighted by Gasteiger charge is -2.49. The molecule has 4 rings (SSSR count). The van der Waals surface area contributed by atoms with Crippen LogP contribution in [0.5, 0.6) is 11.5 Å². The highest BCUT2D eigenvalue weighted by molar-refractivity contribution is 5.64. The molecule has 1 saturated heterocycles. The molecule has 1 heterocycles. The van der Waals surface area contributed by atoms with Gasteiger partial charge in [-0.1, -0.05) is 12.1 Å². The lowest BCUT2D eigenvalue weighted by molar-refractivity contribution is 0.263. The van der Waals surface area contributed by atoms with Gasteiger partial charge < -0.3 is 19.9 Å². The van der Waals surface area contributed by atoms with Crippen molar-refractivity contribution in [2.24, 2.45) is 0 Å². The zero-order valence-electron chi connectivity index (χ0n) is 13.0. The number of methoxy groups -OCH3 is 2. The Kier molecular flexibility index (Phi) is 2.98. The van der Waals surface area contributed by atoms with E-state index in [1.807, 2.05) is 6.07 Å². The van der Waals surface area contributed by atoms with Crippen molar-refractivity contribution in [1.29, 1.82) is 0 Å². The van der Waals surface area contributed by atoms with Gasteiger partial charge in [-0.3, -0.25) is 0 Å². The van der Waals surface area contributed by atoms with Crippen molar-refractivity contribution in [2.75, 3.05) is 20.8 Å². The van der Waals surface area contributed by atoms with E-state index in [1.165, 1.54) is 11.1 Å². The minimum atomic E-state index is -0.258. The maximum atomic E-state index is 10.8. The lowest BCUT2D eigenvalue weighted by atomic mass is 9.59. The molecule has 1 fully saturated rings. The van der Waals surface area contributed by atoms with Crippen molar-refractivity contribution in [3.05, 3.63) is 46.7 Å². The van der Waals surface area contributed by atoms with E-state index >= 15 is 0 Å². The van der Waals surface area contributed by atoms with Gasteiger partial charge in [0.15, 0.2) is 11.5 Å². The number of ether oxygens (including phenoxy) is 2. The highest BCUT2D eigenvalue weighted by Gasteiger charge is 2.49. The second-order valence-electron chi connectivity index (χ2n) is 6.26. The average molecular weight is 299 g/mol. The van der Waals surface area contributed by atoms with Gasteiger partial charge in [-0.05, 0) is 42.7 Å². The first-order chi connectivity index (χ1) is 10.7. The number of allylic oxidation sites excluding steroid dienone is 2. The number of benzene rings is 1. The highest BCUT2D eigenvalue weighted by atomic mass is 16.5. The van der Waals surface area contributed by atoms with E-state index in [2.05, 4.69) is 23.5 Å². The summed E-state index contributed by atoms with van der Waals surface area (Å²) in [5, 5.41) is 14.4. The summed E-state index contributed by atoms with van der Waals surface area (Å²) < 4.78 is 10.9. The summed E-state index contributed by atoms with van der Waals surface area (Å²) in [6, 6.07) is 4.30. The normalized spacial score (nSPS) is 28.9. The van der Waals surface area contributed by atoms with Gasteiger partial charge in [0.2, 0.25) is 0 Å². The van der Waals surface area contributed by atoms with Gasteiger partial charge in [-0.2, -0.15) is 0 Å². The second kappa shape index (κ2) is 4.78. The molecular formula is C18H21NO3. The average Bonchev–Trinajstić information content (AvgIpc) is 2.53. The van der Waals surface area contributed by atoms with Crippen LogP contribution in [0.15, 0.2) is 35.6 Å². The third-order valence-corrected chi connectivity index (χ3v) is 5.31. The monoisotopic (exact) mass is 299 g/mol. The molecular weight excluding hydrogens is 278 g/mol. The standard InChI is InChI=1S/C18H21NO3/c1-21-12-4-5-13-14-9-11-3-6-15(22-2)17(20)16(11)18(13,10-12)7-8-19-14/h3,5-6,10,14,19-20H,4,7-9H2,1-2H3. The molecule has 0 radical (unpaired) electrons. The van der Waals surface area contributed by atoms with Gasteiger partial charge in [0.25, 0.3) is 0 Å². The van der Waals surface area contributed by atoms with Crippen LogP contribution >= 0.6 is 0 Å². The topological polar surface area (TPSA) is 50.7 Å². The van der Waals surface area contributed by atoms with Crippen molar-refractivity contribution in [1.82, 2.24) is 5.32 Å². The zero-order chi connectivity index (χ0) is 15.3. The molecule has 0 aromatic heterocycles. The molecule has 0 spiro atoms. The van der Waals surface area contributed by atoms with E-state index in [9.17, 15) is 5.11 Å². The molecule has 116 valence electrons. The molecule has 0 saturated carbocycles. The Morgan fingerprint density at radius 3 is 2.91 bits per heavy atom. The number of piperidine rings is 1. The molecule has 2 bridgehead atoms. The largest absolute Gasteiger partial charge is 0.504 e. The van der Waals surface area contributed by atoms with E-state index < -0.39 is 0 Å².